The maximum Gasteiger partial charge on any atom is 0.239 e. The van der Waals surface area contributed by atoms with E-state index in [4.69, 9.17) is 5.73 Å². The fourth-order valence-electron chi connectivity index (χ4n) is 1.19. The molecule has 3 heteroatoms. The van der Waals surface area contributed by atoms with Crippen LogP contribution in [0.25, 0.3) is 0 Å². The maximum atomic E-state index is 11.7. The van der Waals surface area contributed by atoms with Gasteiger partial charge in [0.1, 0.15) is 0 Å². The van der Waals surface area contributed by atoms with Crippen molar-refractivity contribution in [3.8, 4) is 0 Å². The maximum absolute atomic E-state index is 11.7. The Bertz CT molecular complexity index is 201. The second-order valence-corrected chi connectivity index (χ2v) is 4.06. The average Bonchev–Trinajstić information content (AvgIpc) is 2.14. The molecular formula is C11H22N2O. The Kier molecular flexibility index (Phi) is 5.46. The first kappa shape index (κ1) is 13.2. The summed E-state index contributed by atoms with van der Waals surface area (Å²) in [7, 11) is 1.80. The minimum atomic E-state index is -0.446. The lowest BCUT2D eigenvalue weighted by molar-refractivity contribution is -0.133. The zero-order valence-electron chi connectivity index (χ0n) is 9.66. The number of rotatable bonds is 5. The molecule has 0 fully saturated rings. The summed E-state index contributed by atoms with van der Waals surface area (Å²) < 4.78 is 0. The number of carbonyl (C=O) groups excluding carboxylic acids is 1. The average molecular weight is 198 g/mol. The molecule has 14 heavy (non-hydrogen) atoms. The number of nitrogens with two attached hydrogens (primary N) is 1. The Morgan fingerprint density at radius 3 is 2.36 bits per heavy atom. The highest BCUT2D eigenvalue weighted by Gasteiger charge is 2.22. The molecule has 0 bridgehead atoms. The number of nitrogens with zero attached hydrogens (tertiary/aromatic N) is 1. The Balaban J connectivity index is 4.30. The van der Waals surface area contributed by atoms with E-state index in [9.17, 15) is 4.79 Å². The predicted octanol–water partition coefficient (Wildman–Crippen LogP) is 1.39. The SMILES string of the molecule is C=CCC(N)C(=O)N(C)C(C)C(C)C. The number of likely N-dealkylation sites (N-methyl/N-ethyl adjacent to an activating group) is 1. The molecule has 0 aromatic heterocycles. The molecule has 3 nitrogen and oxygen atoms in total. The fourth-order valence-corrected chi connectivity index (χ4v) is 1.19. The quantitative estimate of drug-likeness (QED) is 0.679. The van der Waals surface area contributed by atoms with Crippen molar-refractivity contribution in [1.82, 2.24) is 4.90 Å². The van der Waals surface area contributed by atoms with Crippen molar-refractivity contribution in [3.05, 3.63) is 12.7 Å². The molecular weight excluding hydrogens is 176 g/mol. The van der Waals surface area contributed by atoms with Gasteiger partial charge in [-0.25, -0.2) is 0 Å². The van der Waals surface area contributed by atoms with Crippen LogP contribution in [0.15, 0.2) is 12.7 Å². The van der Waals surface area contributed by atoms with Crippen LogP contribution < -0.4 is 5.73 Å². The number of hydrogen-bond acceptors (Lipinski definition) is 2. The normalized spacial score (nSPS) is 15.0. The Morgan fingerprint density at radius 2 is 2.00 bits per heavy atom. The van der Waals surface area contributed by atoms with Gasteiger partial charge in [0, 0.05) is 13.1 Å². The topological polar surface area (TPSA) is 46.3 Å². The molecule has 0 aliphatic heterocycles. The van der Waals surface area contributed by atoms with E-state index in [2.05, 4.69) is 20.4 Å². The summed E-state index contributed by atoms with van der Waals surface area (Å²) in [5, 5.41) is 0. The summed E-state index contributed by atoms with van der Waals surface area (Å²) in [6.07, 6.45) is 2.21. The molecule has 82 valence electrons. The molecule has 0 aromatic carbocycles. The van der Waals surface area contributed by atoms with Crippen molar-refractivity contribution in [2.24, 2.45) is 11.7 Å². The van der Waals surface area contributed by atoms with E-state index in [1.807, 2.05) is 6.92 Å². The Labute approximate surface area is 87.0 Å². The smallest absolute Gasteiger partial charge is 0.239 e. The van der Waals surface area contributed by atoms with Gasteiger partial charge in [-0.3, -0.25) is 4.79 Å². The summed E-state index contributed by atoms with van der Waals surface area (Å²) in [5.74, 6) is 0.436. The van der Waals surface area contributed by atoms with Gasteiger partial charge in [-0.1, -0.05) is 19.9 Å². The number of hydrogen-bond donors (Lipinski definition) is 1. The van der Waals surface area contributed by atoms with E-state index in [1.54, 1.807) is 18.0 Å². The van der Waals surface area contributed by atoms with E-state index >= 15 is 0 Å². The van der Waals surface area contributed by atoms with Gasteiger partial charge in [0.25, 0.3) is 0 Å². The molecule has 0 saturated heterocycles. The summed E-state index contributed by atoms with van der Waals surface area (Å²) >= 11 is 0. The highest BCUT2D eigenvalue weighted by molar-refractivity contribution is 5.81. The molecule has 2 unspecified atom stereocenters. The van der Waals surface area contributed by atoms with Crippen molar-refractivity contribution in [1.29, 1.82) is 0 Å². The molecule has 0 rings (SSSR count). The highest BCUT2D eigenvalue weighted by Crippen LogP contribution is 2.09. The first-order valence-electron chi connectivity index (χ1n) is 5.05. The van der Waals surface area contributed by atoms with Gasteiger partial charge in [-0.05, 0) is 19.3 Å². The van der Waals surface area contributed by atoms with Gasteiger partial charge >= 0.3 is 0 Å². The number of amides is 1. The second-order valence-electron chi connectivity index (χ2n) is 4.06. The van der Waals surface area contributed by atoms with Crippen LogP contribution in [0.5, 0.6) is 0 Å². The van der Waals surface area contributed by atoms with Crippen LogP contribution in [-0.2, 0) is 4.79 Å². The van der Waals surface area contributed by atoms with Gasteiger partial charge in [-0.2, -0.15) is 0 Å². The monoisotopic (exact) mass is 198 g/mol. The molecule has 0 spiro atoms. The van der Waals surface area contributed by atoms with E-state index in [0.717, 1.165) is 0 Å². The third kappa shape index (κ3) is 3.50. The predicted molar refractivity (Wildman–Crippen MR) is 59.9 cm³/mol. The molecule has 0 aliphatic rings. The van der Waals surface area contributed by atoms with Gasteiger partial charge < -0.3 is 10.6 Å². The third-order valence-corrected chi connectivity index (χ3v) is 2.66. The fraction of sp³-hybridized carbons (Fsp3) is 0.727. The van der Waals surface area contributed by atoms with E-state index < -0.39 is 6.04 Å². The second kappa shape index (κ2) is 5.81. The minimum Gasteiger partial charge on any atom is -0.341 e. The Hall–Kier alpha value is -0.830. The lowest BCUT2D eigenvalue weighted by atomic mass is 10.0. The van der Waals surface area contributed by atoms with Crippen molar-refractivity contribution >= 4 is 5.91 Å². The van der Waals surface area contributed by atoms with Crippen molar-refractivity contribution in [2.75, 3.05) is 7.05 Å². The van der Waals surface area contributed by atoms with Crippen molar-refractivity contribution < 1.29 is 4.79 Å². The number of carbonyl (C=O) groups is 1. The van der Waals surface area contributed by atoms with Gasteiger partial charge in [0.2, 0.25) is 5.91 Å². The van der Waals surface area contributed by atoms with Crippen LogP contribution in [0.4, 0.5) is 0 Å². The third-order valence-electron chi connectivity index (χ3n) is 2.66. The van der Waals surface area contributed by atoms with Crippen LogP contribution in [0.1, 0.15) is 27.2 Å². The molecule has 1 amide bonds. The summed E-state index contributed by atoms with van der Waals surface area (Å²) in [6, 6.07) is -0.225. The van der Waals surface area contributed by atoms with Crippen molar-refractivity contribution in [2.45, 2.75) is 39.3 Å². The van der Waals surface area contributed by atoms with Crippen LogP contribution in [0, 0.1) is 5.92 Å². The zero-order chi connectivity index (χ0) is 11.3. The summed E-state index contributed by atoms with van der Waals surface area (Å²) in [6.45, 7) is 9.78. The lowest BCUT2D eigenvalue weighted by Crippen LogP contribution is -2.46. The molecule has 0 aromatic rings. The largest absolute Gasteiger partial charge is 0.341 e. The lowest BCUT2D eigenvalue weighted by Gasteiger charge is -2.29. The Morgan fingerprint density at radius 1 is 1.50 bits per heavy atom. The van der Waals surface area contributed by atoms with Crippen LogP contribution >= 0.6 is 0 Å². The van der Waals surface area contributed by atoms with Crippen LogP contribution in [0.3, 0.4) is 0 Å². The highest BCUT2D eigenvalue weighted by atomic mass is 16.2. The van der Waals surface area contributed by atoms with E-state index in [0.29, 0.717) is 12.3 Å². The first-order chi connectivity index (χ1) is 6.41. The molecule has 2 atom stereocenters. The van der Waals surface area contributed by atoms with Gasteiger partial charge in [0.15, 0.2) is 0 Å². The molecule has 2 N–H and O–H groups in total. The molecule has 0 radical (unpaired) electrons. The van der Waals surface area contributed by atoms with E-state index in [1.165, 1.54) is 0 Å². The summed E-state index contributed by atoms with van der Waals surface area (Å²) in [4.78, 5) is 13.5. The van der Waals surface area contributed by atoms with Crippen molar-refractivity contribution in [3.63, 3.8) is 0 Å². The van der Waals surface area contributed by atoms with E-state index in [-0.39, 0.29) is 11.9 Å². The standard InChI is InChI=1S/C11H22N2O/c1-6-7-10(12)11(14)13(5)9(4)8(2)3/h6,8-10H,1,7,12H2,2-5H3. The van der Waals surface area contributed by atoms with Crippen LogP contribution in [0.2, 0.25) is 0 Å². The van der Waals surface area contributed by atoms with Gasteiger partial charge in [-0.15, -0.1) is 6.58 Å². The molecule has 0 heterocycles. The van der Waals surface area contributed by atoms with Gasteiger partial charge in [0.05, 0.1) is 6.04 Å². The first-order valence-corrected chi connectivity index (χ1v) is 5.05. The zero-order valence-corrected chi connectivity index (χ0v) is 9.66. The molecule has 0 saturated carbocycles. The van der Waals surface area contributed by atoms with Crippen LogP contribution in [-0.4, -0.2) is 29.9 Å². The summed E-state index contributed by atoms with van der Waals surface area (Å²) in [5.41, 5.74) is 5.70. The molecule has 0 aliphatic carbocycles. The minimum absolute atomic E-state index is 0.00824.